The van der Waals surface area contributed by atoms with Crippen LogP contribution in [0.2, 0.25) is 0 Å². The third kappa shape index (κ3) is 5.27. The molecule has 0 unspecified atom stereocenters. The summed E-state index contributed by atoms with van der Waals surface area (Å²) >= 11 is 1.38. The van der Waals surface area contributed by atoms with Crippen molar-refractivity contribution in [3.05, 3.63) is 52.0 Å². The molecule has 1 aromatic carbocycles. The monoisotopic (exact) mass is 355 g/mol. The first-order chi connectivity index (χ1) is 10.7. The molecule has 23 heavy (non-hydrogen) atoms. The Balaban J connectivity index is 0.00000192. The fraction of sp³-hybridized carbons (Fsp3) is 0.375. The summed E-state index contributed by atoms with van der Waals surface area (Å²) < 4.78 is 15.5. The van der Waals surface area contributed by atoms with E-state index in [1.807, 2.05) is 11.6 Å². The first-order valence-electron chi connectivity index (χ1n) is 7.38. The number of hydrogen-bond donors (Lipinski definition) is 1. The van der Waals surface area contributed by atoms with Crippen molar-refractivity contribution in [1.82, 2.24) is 9.88 Å². The summed E-state index contributed by atoms with van der Waals surface area (Å²) in [7, 11) is 0. The van der Waals surface area contributed by atoms with Gasteiger partial charge in [-0.15, -0.1) is 23.7 Å². The molecule has 1 aliphatic carbocycles. The minimum atomic E-state index is -0.246. The minimum absolute atomic E-state index is 0. The molecule has 0 atom stereocenters. The van der Waals surface area contributed by atoms with Gasteiger partial charge >= 0.3 is 0 Å². The van der Waals surface area contributed by atoms with E-state index < -0.39 is 0 Å². The highest BCUT2D eigenvalue weighted by Crippen LogP contribution is 2.27. The molecule has 1 N–H and O–H groups in total. The number of rotatable bonds is 6. The molecule has 2 aromatic rings. The molecule has 1 amide bonds. The summed E-state index contributed by atoms with van der Waals surface area (Å²) in [6.07, 6.45) is 4.33. The number of hydrogen-bond acceptors (Lipinski definition) is 3. The van der Waals surface area contributed by atoms with Crippen LogP contribution in [-0.2, 0) is 11.3 Å². The number of carbonyl (C=O) groups excluding carboxylic acids is 1. The average molecular weight is 356 g/mol. The lowest BCUT2D eigenvalue weighted by atomic mass is 10.2. The maximum atomic E-state index is 13.7. The number of nitrogens with one attached hydrogen (secondary N) is 1. The first-order valence-corrected chi connectivity index (χ1v) is 8.26. The third-order valence-electron chi connectivity index (χ3n) is 3.58. The molecule has 4 nitrogen and oxygen atoms in total. The Labute approximate surface area is 144 Å². The van der Waals surface area contributed by atoms with Crippen LogP contribution in [0.25, 0.3) is 0 Å². The fourth-order valence-corrected chi connectivity index (χ4v) is 2.91. The largest absolute Gasteiger partial charge is 0.319 e. The summed E-state index contributed by atoms with van der Waals surface area (Å²) in [5, 5.41) is 4.98. The summed E-state index contributed by atoms with van der Waals surface area (Å²) in [6, 6.07) is 6.64. The molecule has 1 aromatic heterocycles. The van der Waals surface area contributed by atoms with Crippen molar-refractivity contribution < 1.29 is 9.18 Å². The van der Waals surface area contributed by atoms with Gasteiger partial charge in [-0.1, -0.05) is 18.2 Å². The molecule has 0 aliphatic heterocycles. The summed E-state index contributed by atoms with van der Waals surface area (Å²) in [4.78, 5) is 16.6. The number of carbonyl (C=O) groups is 1. The Morgan fingerprint density at radius 1 is 1.39 bits per heavy atom. The maximum absolute atomic E-state index is 13.7. The van der Waals surface area contributed by atoms with Crippen molar-refractivity contribution in [3.8, 4) is 0 Å². The van der Waals surface area contributed by atoms with Gasteiger partial charge in [0, 0.05) is 17.1 Å². The Morgan fingerprint density at radius 2 is 2.17 bits per heavy atom. The van der Waals surface area contributed by atoms with Crippen LogP contribution in [0.15, 0.2) is 40.8 Å². The predicted molar refractivity (Wildman–Crippen MR) is 91.2 cm³/mol. The normalized spacial score (nSPS) is 14.6. The van der Waals surface area contributed by atoms with Crippen molar-refractivity contribution in [2.75, 3.05) is 13.1 Å². The van der Waals surface area contributed by atoms with Crippen LogP contribution in [0, 0.1) is 11.7 Å². The van der Waals surface area contributed by atoms with Crippen molar-refractivity contribution in [1.29, 1.82) is 0 Å². The zero-order chi connectivity index (χ0) is 15.4. The van der Waals surface area contributed by atoms with Gasteiger partial charge in [-0.25, -0.2) is 4.39 Å². The topological polar surface area (TPSA) is 46.4 Å². The van der Waals surface area contributed by atoms with Crippen LogP contribution in [0.3, 0.4) is 0 Å². The number of thiazole rings is 1. The van der Waals surface area contributed by atoms with Crippen LogP contribution >= 0.6 is 23.7 Å². The number of aromatic nitrogens is 1. The highest BCUT2D eigenvalue weighted by atomic mass is 35.5. The highest BCUT2D eigenvalue weighted by Gasteiger charge is 2.20. The van der Waals surface area contributed by atoms with E-state index in [1.54, 1.807) is 22.8 Å². The average Bonchev–Trinajstić information content (AvgIpc) is 3.22. The van der Waals surface area contributed by atoms with Crippen molar-refractivity contribution in [2.45, 2.75) is 19.4 Å². The van der Waals surface area contributed by atoms with Gasteiger partial charge in [0.1, 0.15) is 5.82 Å². The van der Waals surface area contributed by atoms with E-state index >= 15 is 0 Å². The van der Waals surface area contributed by atoms with Gasteiger partial charge < -0.3 is 9.88 Å². The fourth-order valence-electron chi connectivity index (χ4n) is 2.17. The van der Waals surface area contributed by atoms with Crippen LogP contribution < -0.4 is 10.1 Å². The lowest BCUT2D eigenvalue weighted by molar-refractivity contribution is -0.117. The lowest BCUT2D eigenvalue weighted by Crippen LogP contribution is -2.26. The third-order valence-corrected chi connectivity index (χ3v) is 4.38. The quantitative estimate of drug-likeness (QED) is 0.865. The molecule has 1 aliphatic rings. The van der Waals surface area contributed by atoms with E-state index in [0.717, 1.165) is 12.5 Å². The molecular formula is C16H19ClFN3OS. The second-order valence-corrected chi connectivity index (χ2v) is 6.36. The Kier molecular flexibility index (Phi) is 6.50. The van der Waals surface area contributed by atoms with Gasteiger partial charge in [-0.05, 0) is 31.4 Å². The Bertz CT molecular complexity index is 724. The molecule has 0 radical (unpaired) electrons. The molecule has 0 bridgehead atoms. The SMILES string of the molecule is Cl.O=C(CNCC1CC1)N=c1sccn1Cc1ccccc1F. The molecule has 1 heterocycles. The van der Waals surface area contributed by atoms with Gasteiger partial charge in [0.2, 0.25) is 0 Å². The molecule has 1 fully saturated rings. The molecular weight excluding hydrogens is 337 g/mol. The summed E-state index contributed by atoms with van der Waals surface area (Å²) in [5.41, 5.74) is 0.585. The van der Waals surface area contributed by atoms with Crippen molar-refractivity contribution >= 4 is 29.7 Å². The zero-order valence-electron chi connectivity index (χ0n) is 12.6. The van der Waals surface area contributed by atoms with E-state index in [-0.39, 0.29) is 30.7 Å². The molecule has 7 heteroatoms. The molecule has 3 rings (SSSR count). The van der Waals surface area contributed by atoms with Crippen LogP contribution in [-0.4, -0.2) is 23.6 Å². The zero-order valence-corrected chi connectivity index (χ0v) is 14.2. The van der Waals surface area contributed by atoms with Crippen LogP contribution in [0.4, 0.5) is 4.39 Å². The minimum Gasteiger partial charge on any atom is -0.319 e. The van der Waals surface area contributed by atoms with E-state index in [4.69, 9.17) is 0 Å². The van der Waals surface area contributed by atoms with E-state index in [1.165, 1.54) is 30.2 Å². The molecule has 0 saturated heterocycles. The van der Waals surface area contributed by atoms with Gasteiger partial charge in [0.15, 0.2) is 4.80 Å². The standard InChI is InChI=1S/C16H18FN3OS.ClH/c17-14-4-2-1-3-13(14)11-20-7-8-22-16(20)19-15(21)10-18-9-12-5-6-12;/h1-4,7-8,12,18H,5-6,9-11H2;1H. The van der Waals surface area contributed by atoms with Gasteiger partial charge in [-0.2, -0.15) is 4.99 Å². The second-order valence-electron chi connectivity index (χ2n) is 5.48. The molecule has 1 saturated carbocycles. The Morgan fingerprint density at radius 3 is 2.91 bits per heavy atom. The predicted octanol–water partition coefficient (Wildman–Crippen LogP) is 2.59. The van der Waals surface area contributed by atoms with Gasteiger partial charge in [0.05, 0.1) is 13.1 Å². The Hall–Kier alpha value is -1.50. The van der Waals surface area contributed by atoms with Crippen LogP contribution in [0.5, 0.6) is 0 Å². The van der Waals surface area contributed by atoms with Crippen molar-refractivity contribution in [2.24, 2.45) is 10.9 Å². The smallest absolute Gasteiger partial charge is 0.262 e. The van der Waals surface area contributed by atoms with E-state index in [9.17, 15) is 9.18 Å². The van der Waals surface area contributed by atoms with Gasteiger partial charge in [0.25, 0.3) is 5.91 Å². The number of benzene rings is 1. The number of halogens is 2. The van der Waals surface area contributed by atoms with E-state index in [2.05, 4.69) is 10.3 Å². The number of nitrogens with zero attached hydrogens (tertiary/aromatic N) is 2. The summed E-state index contributed by atoms with van der Waals surface area (Å²) in [5.74, 6) is 0.301. The molecule has 124 valence electrons. The van der Waals surface area contributed by atoms with E-state index in [0.29, 0.717) is 16.9 Å². The second kappa shape index (κ2) is 8.38. The van der Waals surface area contributed by atoms with Gasteiger partial charge in [-0.3, -0.25) is 4.79 Å². The summed E-state index contributed by atoms with van der Waals surface area (Å²) in [6.45, 7) is 1.52. The maximum Gasteiger partial charge on any atom is 0.262 e. The number of amides is 1. The van der Waals surface area contributed by atoms with Crippen LogP contribution in [0.1, 0.15) is 18.4 Å². The lowest BCUT2D eigenvalue weighted by Gasteiger charge is -2.04. The molecule has 0 spiro atoms. The first kappa shape index (κ1) is 17.8. The highest BCUT2D eigenvalue weighted by molar-refractivity contribution is 7.07. The van der Waals surface area contributed by atoms with Crippen molar-refractivity contribution in [3.63, 3.8) is 0 Å².